The van der Waals surface area contributed by atoms with E-state index in [9.17, 15) is 4.79 Å². The summed E-state index contributed by atoms with van der Waals surface area (Å²) in [7, 11) is 3.32. The predicted octanol–water partition coefficient (Wildman–Crippen LogP) is 3.17. The number of hydrogen-bond donors (Lipinski definition) is 0. The molecule has 4 rings (SSSR count). The van der Waals surface area contributed by atoms with Crippen LogP contribution in [0.3, 0.4) is 0 Å². The van der Waals surface area contributed by atoms with Crippen molar-refractivity contribution in [1.29, 1.82) is 0 Å². The van der Waals surface area contributed by atoms with Gasteiger partial charge >= 0.3 is 0 Å². The van der Waals surface area contributed by atoms with Crippen molar-refractivity contribution in [1.82, 2.24) is 4.90 Å². The second kappa shape index (κ2) is 5.26. The quantitative estimate of drug-likeness (QED) is 0.743. The maximum Gasteiger partial charge on any atom is 0.247 e. The van der Waals surface area contributed by atoms with E-state index in [4.69, 9.17) is 9.47 Å². The lowest BCUT2D eigenvalue weighted by molar-refractivity contribution is -0.129. The van der Waals surface area contributed by atoms with Crippen molar-refractivity contribution in [3.63, 3.8) is 0 Å². The van der Waals surface area contributed by atoms with E-state index in [1.165, 1.54) is 16.7 Å². The number of fused-ring (bicyclic) bond motifs is 1. The van der Waals surface area contributed by atoms with Gasteiger partial charge in [-0.2, -0.15) is 0 Å². The molecule has 1 fully saturated rings. The van der Waals surface area contributed by atoms with Gasteiger partial charge in [-0.3, -0.25) is 4.79 Å². The van der Waals surface area contributed by atoms with Crippen LogP contribution in [0.15, 0.2) is 23.8 Å². The number of hydrogen-bond acceptors (Lipinski definition) is 3. The first kappa shape index (κ1) is 15.1. The third-order valence-corrected chi connectivity index (χ3v) is 6.58. The molecule has 0 bridgehead atoms. The summed E-state index contributed by atoms with van der Waals surface area (Å²) in [5.74, 6) is 1.63. The molecule has 4 nitrogen and oxygen atoms in total. The fourth-order valence-corrected chi connectivity index (χ4v) is 5.60. The normalized spacial score (nSPS) is 28.7. The van der Waals surface area contributed by atoms with Gasteiger partial charge in [0.2, 0.25) is 5.91 Å². The Balaban J connectivity index is 1.98. The van der Waals surface area contributed by atoms with Crippen LogP contribution in [0.1, 0.15) is 30.4 Å². The van der Waals surface area contributed by atoms with Crippen LogP contribution in [0.4, 0.5) is 0 Å². The monoisotopic (exact) mass is 377 g/mol. The molecular formula is C18H20BrNO3. The lowest BCUT2D eigenvalue weighted by Crippen LogP contribution is -2.56. The maximum atomic E-state index is 12.6. The average Bonchev–Trinajstić information content (AvgIpc) is 2.87. The Morgan fingerprint density at radius 2 is 1.96 bits per heavy atom. The topological polar surface area (TPSA) is 38.8 Å². The summed E-state index contributed by atoms with van der Waals surface area (Å²) in [6.45, 7) is 0.753. The minimum atomic E-state index is -0.345. The molecule has 23 heavy (non-hydrogen) atoms. The van der Waals surface area contributed by atoms with Crippen molar-refractivity contribution in [3.8, 4) is 11.5 Å². The van der Waals surface area contributed by atoms with Gasteiger partial charge in [0.15, 0.2) is 11.5 Å². The van der Waals surface area contributed by atoms with Gasteiger partial charge in [-0.05, 0) is 54.5 Å². The Hall–Kier alpha value is -1.49. The number of ether oxygens (including phenoxy) is 2. The van der Waals surface area contributed by atoms with Gasteiger partial charge in [0.25, 0.3) is 0 Å². The highest BCUT2D eigenvalue weighted by Crippen LogP contribution is 2.56. The highest BCUT2D eigenvalue weighted by molar-refractivity contribution is 9.09. The molecule has 0 aromatic heterocycles. The van der Waals surface area contributed by atoms with Gasteiger partial charge in [0.05, 0.1) is 14.2 Å². The summed E-state index contributed by atoms with van der Waals surface area (Å²) in [6, 6.07) is 4.15. The molecule has 2 aliphatic heterocycles. The fraction of sp³-hybridized carbons (Fsp3) is 0.500. The molecule has 3 aliphatic rings. The molecule has 1 amide bonds. The van der Waals surface area contributed by atoms with Crippen LogP contribution in [-0.2, 0) is 16.8 Å². The van der Waals surface area contributed by atoms with Crippen LogP contribution >= 0.6 is 15.9 Å². The van der Waals surface area contributed by atoms with E-state index in [2.05, 4.69) is 33.0 Å². The summed E-state index contributed by atoms with van der Waals surface area (Å²) in [6.07, 6.45) is 5.88. The average molecular weight is 378 g/mol. The molecule has 2 atom stereocenters. The molecule has 1 aromatic carbocycles. The van der Waals surface area contributed by atoms with Crippen molar-refractivity contribution in [2.24, 2.45) is 0 Å². The molecule has 1 spiro atoms. The smallest absolute Gasteiger partial charge is 0.247 e. The largest absolute Gasteiger partial charge is 0.493 e. The summed E-state index contributed by atoms with van der Waals surface area (Å²) >= 11 is 3.90. The first-order chi connectivity index (χ1) is 11.1. The third-order valence-electron chi connectivity index (χ3n) is 5.46. The first-order valence-electron chi connectivity index (χ1n) is 8.05. The van der Waals surface area contributed by atoms with Gasteiger partial charge in [-0.15, -0.1) is 0 Å². The van der Waals surface area contributed by atoms with Gasteiger partial charge in [0, 0.05) is 17.4 Å². The minimum absolute atomic E-state index is 0.145. The molecule has 1 aromatic rings. The second-order valence-electron chi connectivity index (χ2n) is 6.40. The van der Waals surface area contributed by atoms with E-state index in [-0.39, 0.29) is 16.3 Å². The summed E-state index contributed by atoms with van der Waals surface area (Å²) in [5.41, 5.74) is 3.34. The lowest BCUT2D eigenvalue weighted by Gasteiger charge is -2.51. The number of rotatable bonds is 2. The molecule has 1 saturated carbocycles. The number of carbonyl (C=O) groups excluding carboxylic acids is 1. The van der Waals surface area contributed by atoms with E-state index >= 15 is 0 Å². The number of benzene rings is 1. The molecule has 0 radical (unpaired) electrons. The molecular weight excluding hydrogens is 358 g/mol. The van der Waals surface area contributed by atoms with Crippen LogP contribution in [0.2, 0.25) is 0 Å². The Morgan fingerprint density at radius 1 is 1.22 bits per heavy atom. The molecule has 0 saturated heterocycles. The Kier molecular flexibility index (Phi) is 3.45. The number of alkyl halides is 1. The lowest BCUT2D eigenvalue weighted by atomic mass is 9.69. The zero-order valence-electron chi connectivity index (χ0n) is 13.4. The Bertz CT molecular complexity index is 714. The Labute approximate surface area is 144 Å². The van der Waals surface area contributed by atoms with Crippen molar-refractivity contribution in [2.45, 2.75) is 36.0 Å². The summed E-state index contributed by atoms with van der Waals surface area (Å²) in [5, 5.41) is 0. The van der Waals surface area contributed by atoms with Gasteiger partial charge < -0.3 is 14.4 Å². The van der Waals surface area contributed by atoms with Crippen LogP contribution in [-0.4, -0.2) is 36.4 Å². The standard InChI is InChI=1S/C18H20BrNO3/c1-22-14-8-11-6-7-20-17(21)9-12-4-3-5-16(19)18(12,20)13(11)10-15(14)23-2/h8-10,16H,3-7H2,1-2H3/t16-,18+/m1/s1. The van der Waals surface area contributed by atoms with Crippen molar-refractivity contribution >= 4 is 21.8 Å². The second-order valence-corrected chi connectivity index (χ2v) is 7.51. The van der Waals surface area contributed by atoms with Gasteiger partial charge in [0.1, 0.15) is 5.54 Å². The SMILES string of the molecule is COc1cc2c(cc1OC)[C@]13C(=CC(=O)N1CC2)CCC[C@H]3Br. The zero-order valence-corrected chi connectivity index (χ0v) is 15.0. The first-order valence-corrected chi connectivity index (χ1v) is 8.96. The Morgan fingerprint density at radius 3 is 2.70 bits per heavy atom. The molecule has 1 aliphatic carbocycles. The van der Waals surface area contributed by atoms with E-state index < -0.39 is 0 Å². The van der Waals surface area contributed by atoms with Crippen LogP contribution < -0.4 is 9.47 Å². The summed E-state index contributed by atoms with van der Waals surface area (Å²) in [4.78, 5) is 14.9. The number of amides is 1. The molecule has 0 unspecified atom stereocenters. The minimum Gasteiger partial charge on any atom is -0.493 e. The zero-order chi connectivity index (χ0) is 16.2. The number of nitrogens with zero attached hydrogens (tertiary/aromatic N) is 1. The van der Waals surface area contributed by atoms with E-state index in [0.29, 0.717) is 0 Å². The van der Waals surface area contributed by atoms with Crippen LogP contribution in [0, 0.1) is 0 Å². The summed E-state index contributed by atoms with van der Waals surface area (Å²) < 4.78 is 11.0. The molecule has 2 heterocycles. The molecule has 5 heteroatoms. The highest BCUT2D eigenvalue weighted by Gasteiger charge is 2.56. The molecule has 0 N–H and O–H groups in total. The highest BCUT2D eigenvalue weighted by atomic mass is 79.9. The third kappa shape index (κ3) is 1.86. The van der Waals surface area contributed by atoms with Crippen molar-refractivity contribution in [3.05, 3.63) is 34.9 Å². The molecule has 122 valence electrons. The van der Waals surface area contributed by atoms with Crippen LogP contribution in [0.5, 0.6) is 11.5 Å². The van der Waals surface area contributed by atoms with Crippen molar-refractivity contribution in [2.75, 3.05) is 20.8 Å². The van der Waals surface area contributed by atoms with Gasteiger partial charge in [-0.1, -0.05) is 15.9 Å². The maximum absolute atomic E-state index is 12.6. The van der Waals surface area contributed by atoms with Gasteiger partial charge in [-0.25, -0.2) is 0 Å². The van der Waals surface area contributed by atoms with E-state index in [1.54, 1.807) is 14.2 Å². The fourth-order valence-electron chi connectivity index (χ4n) is 4.49. The van der Waals surface area contributed by atoms with E-state index in [1.807, 2.05) is 6.08 Å². The number of methoxy groups -OCH3 is 2. The van der Waals surface area contributed by atoms with Crippen molar-refractivity contribution < 1.29 is 14.3 Å². The van der Waals surface area contributed by atoms with Crippen LogP contribution in [0.25, 0.3) is 0 Å². The van der Waals surface area contributed by atoms with E-state index in [0.717, 1.165) is 43.7 Å². The number of halogens is 1. The number of carbonyl (C=O) groups is 1. The predicted molar refractivity (Wildman–Crippen MR) is 91.3 cm³/mol.